The fourth-order valence-electron chi connectivity index (χ4n) is 2.04. The maximum atomic E-state index is 12.0. The van der Waals surface area contributed by atoms with Crippen LogP contribution in [0.2, 0.25) is 0 Å². The van der Waals surface area contributed by atoms with Crippen molar-refractivity contribution in [3.8, 4) is 0 Å². The molecular weight excluding hydrogens is 198 g/mol. The molecule has 0 bridgehead atoms. The maximum absolute atomic E-state index is 12.0. The molecule has 2 rings (SSSR count). The largest absolute Gasteiger partial charge is 0.323 e. The molecule has 2 heterocycles. The number of likely N-dealkylation sites (N-methyl/N-ethyl adjacent to an activating group) is 1. The van der Waals surface area contributed by atoms with Crippen LogP contribution in [0.4, 0.5) is 0 Å². The zero-order valence-electron chi connectivity index (χ0n) is 8.93. The van der Waals surface area contributed by atoms with E-state index in [9.17, 15) is 4.79 Å². The number of hydrogen-bond donors (Lipinski definition) is 0. The first kappa shape index (κ1) is 10.3. The van der Waals surface area contributed by atoms with E-state index in [2.05, 4.69) is 12.1 Å². The van der Waals surface area contributed by atoms with Crippen LogP contribution in [0.1, 0.15) is 6.92 Å². The van der Waals surface area contributed by atoms with Crippen molar-refractivity contribution < 1.29 is 4.79 Å². The Balaban J connectivity index is 2.21. The van der Waals surface area contributed by atoms with E-state index in [4.69, 9.17) is 0 Å². The topological polar surface area (TPSA) is 26.8 Å². The van der Waals surface area contributed by atoms with Crippen LogP contribution in [0.25, 0.3) is 0 Å². The first-order chi connectivity index (χ1) is 6.63. The number of amides is 1. The molecule has 80 valence electrons. The van der Waals surface area contributed by atoms with E-state index in [0.29, 0.717) is 0 Å². The van der Waals surface area contributed by atoms with E-state index >= 15 is 0 Å². The molecule has 2 aliphatic rings. The number of thioether (sulfide) groups is 1. The highest BCUT2D eigenvalue weighted by molar-refractivity contribution is 7.99. The van der Waals surface area contributed by atoms with Crippen molar-refractivity contribution in [3.05, 3.63) is 0 Å². The Morgan fingerprint density at radius 1 is 1.36 bits per heavy atom. The van der Waals surface area contributed by atoms with Crippen molar-refractivity contribution in [3.63, 3.8) is 0 Å². The van der Waals surface area contributed by atoms with Crippen LogP contribution in [-0.2, 0) is 4.79 Å². The molecule has 0 aromatic rings. The molecule has 0 aromatic heterocycles. The summed E-state index contributed by atoms with van der Waals surface area (Å²) in [6.07, 6.45) is 0.266. The molecule has 4 nitrogen and oxygen atoms in total. The van der Waals surface area contributed by atoms with Gasteiger partial charge in [0.25, 0.3) is 0 Å². The SMILES string of the molecule is C[C@@H]1C(=O)N2CCSC[C@H]2N(C)N1C. The van der Waals surface area contributed by atoms with Gasteiger partial charge in [-0.2, -0.15) is 11.8 Å². The molecule has 0 aromatic carbocycles. The summed E-state index contributed by atoms with van der Waals surface area (Å²) >= 11 is 1.93. The standard InChI is InChI=1S/C9H17N3OS/c1-7-9(13)12-4-5-14-6-8(12)11(3)10(7)2/h7-8H,4-6H2,1-3H3/t7-,8+/m1/s1. The lowest BCUT2D eigenvalue weighted by molar-refractivity contribution is -0.177. The highest BCUT2D eigenvalue weighted by Crippen LogP contribution is 2.25. The van der Waals surface area contributed by atoms with Crippen LogP contribution in [0, 0.1) is 0 Å². The Hall–Kier alpha value is -0.260. The number of nitrogens with zero attached hydrogens (tertiary/aromatic N) is 3. The monoisotopic (exact) mass is 215 g/mol. The molecule has 0 N–H and O–H groups in total. The van der Waals surface area contributed by atoms with Crippen molar-refractivity contribution in [2.45, 2.75) is 19.1 Å². The summed E-state index contributed by atoms with van der Waals surface area (Å²) in [6, 6.07) is -0.0145. The first-order valence-corrected chi connectivity index (χ1v) is 6.12. The van der Waals surface area contributed by atoms with E-state index in [-0.39, 0.29) is 18.1 Å². The molecular formula is C9H17N3OS. The summed E-state index contributed by atoms with van der Waals surface area (Å²) in [5, 5.41) is 4.22. The Bertz CT molecular complexity index is 248. The van der Waals surface area contributed by atoms with E-state index in [1.54, 1.807) is 0 Å². The summed E-state index contributed by atoms with van der Waals surface area (Å²) < 4.78 is 0. The van der Waals surface area contributed by atoms with Gasteiger partial charge in [-0.1, -0.05) is 0 Å². The van der Waals surface area contributed by atoms with Gasteiger partial charge in [-0.05, 0) is 6.92 Å². The van der Waals surface area contributed by atoms with E-state index in [1.807, 2.05) is 35.6 Å². The van der Waals surface area contributed by atoms with E-state index in [1.165, 1.54) is 0 Å². The lowest BCUT2D eigenvalue weighted by Crippen LogP contribution is -2.68. The number of rotatable bonds is 0. The third-order valence-electron chi connectivity index (χ3n) is 3.23. The van der Waals surface area contributed by atoms with E-state index < -0.39 is 0 Å². The Morgan fingerprint density at radius 3 is 2.79 bits per heavy atom. The van der Waals surface area contributed by atoms with Crippen molar-refractivity contribution in [1.82, 2.24) is 14.9 Å². The second-order valence-electron chi connectivity index (χ2n) is 3.91. The van der Waals surface area contributed by atoms with Gasteiger partial charge in [-0.3, -0.25) is 4.79 Å². The predicted octanol–water partition coefficient (Wildman–Crippen LogP) is 0.0686. The highest BCUT2D eigenvalue weighted by atomic mass is 32.2. The number of carbonyl (C=O) groups is 1. The van der Waals surface area contributed by atoms with Crippen molar-refractivity contribution in [1.29, 1.82) is 0 Å². The second kappa shape index (κ2) is 3.72. The van der Waals surface area contributed by atoms with Gasteiger partial charge in [0, 0.05) is 32.1 Å². The van der Waals surface area contributed by atoms with Crippen molar-refractivity contribution in [2.75, 3.05) is 32.1 Å². The number of hydrogen-bond acceptors (Lipinski definition) is 4. The lowest BCUT2D eigenvalue weighted by Gasteiger charge is -2.51. The zero-order valence-corrected chi connectivity index (χ0v) is 9.75. The van der Waals surface area contributed by atoms with Crippen LogP contribution in [0.15, 0.2) is 0 Å². The predicted molar refractivity (Wildman–Crippen MR) is 57.8 cm³/mol. The number of fused-ring (bicyclic) bond motifs is 1. The van der Waals surface area contributed by atoms with Gasteiger partial charge in [-0.25, -0.2) is 10.0 Å². The van der Waals surface area contributed by atoms with Gasteiger partial charge in [0.05, 0.1) is 0 Å². The van der Waals surface area contributed by atoms with Crippen molar-refractivity contribution in [2.24, 2.45) is 0 Å². The zero-order chi connectivity index (χ0) is 10.3. The summed E-state index contributed by atoms with van der Waals surface area (Å²) in [7, 11) is 4.05. The average molecular weight is 215 g/mol. The van der Waals surface area contributed by atoms with Gasteiger partial charge in [0.2, 0.25) is 5.91 Å². The summed E-state index contributed by atoms with van der Waals surface area (Å²) in [6.45, 7) is 2.87. The Kier molecular flexibility index (Phi) is 2.72. The maximum Gasteiger partial charge on any atom is 0.242 e. The molecule has 0 aliphatic carbocycles. The van der Waals surface area contributed by atoms with Gasteiger partial charge < -0.3 is 4.90 Å². The Morgan fingerprint density at radius 2 is 2.07 bits per heavy atom. The molecule has 0 radical (unpaired) electrons. The van der Waals surface area contributed by atoms with Crippen LogP contribution in [0.5, 0.6) is 0 Å². The van der Waals surface area contributed by atoms with Gasteiger partial charge in [0.15, 0.2) is 0 Å². The summed E-state index contributed by atoms with van der Waals surface area (Å²) in [5.41, 5.74) is 0. The van der Waals surface area contributed by atoms with Gasteiger partial charge >= 0.3 is 0 Å². The van der Waals surface area contributed by atoms with Crippen LogP contribution in [-0.4, -0.2) is 65.2 Å². The van der Waals surface area contributed by atoms with Crippen LogP contribution in [0.3, 0.4) is 0 Å². The molecule has 2 saturated heterocycles. The third kappa shape index (κ3) is 1.43. The van der Waals surface area contributed by atoms with Crippen LogP contribution >= 0.6 is 11.8 Å². The average Bonchev–Trinajstić information content (AvgIpc) is 2.23. The van der Waals surface area contributed by atoms with Crippen LogP contribution < -0.4 is 0 Å². The minimum absolute atomic E-state index is 0.0145. The first-order valence-electron chi connectivity index (χ1n) is 4.96. The minimum atomic E-state index is -0.0145. The minimum Gasteiger partial charge on any atom is -0.323 e. The molecule has 0 spiro atoms. The highest BCUT2D eigenvalue weighted by Gasteiger charge is 2.40. The fraction of sp³-hybridized carbons (Fsp3) is 0.889. The van der Waals surface area contributed by atoms with Gasteiger partial charge in [0.1, 0.15) is 12.2 Å². The number of carbonyl (C=O) groups excluding carboxylic acids is 1. The smallest absolute Gasteiger partial charge is 0.242 e. The molecule has 14 heavy (non-hydrogen) atoms. The molecule has 0 unspecified atom stereocenters. The fourth-order valence-corrected chi connectivity index (χ4v) is 3.14. The molecule has 1 amide bonds. The van der Waals surface area contributed by atoms with Gasteiger partial charge in [-0.15, -0.1) is 0 Å². The second-order valence-corrected chi connectivity index (χ2v) is 5.06. The van der Waals surface area contributed by atoms with Crippen molar-refractivity contribution >= 4 is 17.7 Å². The Labute approximate surface area is 89.2 Å². The molecule has 0 saturated carbocycles. The number of hydrazine groups is 1. The molecule has 2 atom stereocenters. The van der Waals surface area contributed by atoms with E-state index in [0.717, 1.165) is 18.1 Å². The summed E-state index contributed by atoms with van der Waals surface area (Å²) in [4.78, 5) is 14.0. The quantitative estimate of drug-likeness (QED) is 0.571. The molecule has 2 fully saturated rings. The lowest BCUT2D eigenvalue weighted by atomic mass is 10.2. The molecule has 2 aliphatic heterocycles. The molecule has 5 heteroatoms. The third-order valence-corrected chi connectivity index (χ3v) is 4.24. The summed E-state index contributed by atoms with van der Waals surface area (Å²) in [5.74, 6) is 2.38. The normalized spacial score (nSPS) is 35.9.